The predicted molar refractivity (Wildman–Crippen MR) is 100 cm³/mol. The van der Waals surface area contributed by atoms with Gasteiger partial charge in [0.05, 0.1) is 17.6 Å². The highest BCUT2D eigenvalue weighted by Crippen LogP contribution is 2.33. The van der Waals surface area contributed by atoms with E-state index in [1.165, 1.54) is 17.0 Å². The van der Waals surface area contributed by atoms with Gasteiger partial charge in [0, 0.05) is 31.6 Å². The molecule has 3 N–H and O–H groups in total. The molecule has 7 nitrogen and oxygen atoms in total. The van der Waals surface area contributed by atoms with Crippen molar-refractivity contribution in [1.29, 1.82) is 0 Å². The van der Waals surface area contributed by atoms with Crippen molar-refractivity contribution in [3.63, 3.8) is 0 Å². The van der Waals surface area contributed by atoms with E-state index in [9.17, 15) is 0 Å². The molecule has 0 aliphatic carbocycles. The van der Waals surface area contributed by atoms with Crippen molar-refractivity contribution in [3.8, 4) is 0 Å². The van der Waals surface area contributed by atoms with Crippen LogP contribution in [0.5, 0.6) is 0 Å². The number of nitrogens with zero attached hydrogens (tertiary/aromatic N) is 5. The molecule has 1 aliphatic rings. The van der Waals surface area contributed by atoms with Crippen LogP contribution >= 0.6 is 11.3 Å². The maximum absolute atomic E-state index is 5.58. The van der Waals surface area contributed by atoms with E-state index in [0.29, 0.717) is 11.1 Å². The van der Waals surface area contributed by atoms with Crippen LogP contribution in [0.1, 0.15) is 17.1 Å². The quantitative estimate of drug-likeness (QED) is 0.658. The van der Waals surface area contributed by atoms with Gasteiger partial charge in [0.2, 0.25) is 11.1 Å². The number of hydrogen-bond donors (Lipinski definition) is 2. The number of hydrogen-bond acceptors (Lipinski definition) is 8. The van der Waals surface area contributed by atoms with Crippen LogP contribution in [0.3, 0.4) is 0 Å². The lowest BCUT2D eigenvalue weighted by Gasteiger charge is -2.18. The average Bonchev–Trinajstić information content (AvgIpc) is 3.25. The summed E-state index contributed by atoms with van der Waals surface area (Å²) in [5, 5.41) is 12.6. The molecule has 0 atom stereocenters. The van der Waals surface area contributed by atoms with E-state index in [2.05, 4.69) is 54.6 Å². The van der Waals surface area contributed by atoms with E-state index < -0.39 is 0 Å². The van der Waals surface area contributed by atoms with Crippen molar-refractivity contribution in [3.05, 3.63) is 47.2 Å². The number of nitrogen functional groups attached to an aromatic ring is 1. The Morgan fingerprint density at radius 2 is 2.08 bits per heavy atom. The lowest BCUT2D eigenvalue weighted by atomic mass is 10.3. The zero-order valence-electron chi connectivity index (χ0n) is 13.7. The highest BCUT2D eigenvalue weighted by molar-refractivity contribution is 7.15. The van der Waals surface area contributed by atoms with E-state index in [1.54, 1.807) is 0 Å². The monoisotopic (exact) mass is 353 g/mol. The summed E-state index contributed by atoms with van der Waals surface area (Å²) in [6.45, 7) is 1.73. The molecule has 3 aromatic rings. The van der Waals surface area contributed by atoms with Gasteiger partial charge in [-0.3, -0.25) is 0 Å². The fourth-order valence-electron chi connectivity index (χ4n) is 2.93. The topological polar surface area (TPSA) is 92.8 Å². The second-order valence-electron chi connectivity index (χ2n) is 5.83. The Balaban J connectivity index is 1.35. The van der Waals surface area contributed by atoms with E-state index in [0.717, 1.165) is 48.7 Å². The lowest BCUT2D eigenvalue weighted by Crippen LogP contribution is -2.13. The molecule has 2 aromatic heterocycles. The third kappa shape index (κ3) is 3.53. The van der Waals surface area contributed by atoms with Gasteiger partial charge < -0.3 is 16.0 Å². The fourth-order valence-corrected chi connectivity index (χ4v) is 3.58. The van der Waals surface area contributed by atoms with E-state index in [4.69, 9.17) is 5.73 Å². The van der Waals surface area contributed by atoms with E-state index in [1.807, 2.05) is 12.3 Å². The molecule has 0 saturated carbocycles. The minimum Gasteiger partial charge on any atom is -0.374 e. The maximum atomic E-state index is 5.58. The van der Waals surface area contributed by atoms with Gasteiger partial charge >= 0.3 is 0 Å². The SMILES string of the molecule is Nc1nnc(CCCNc2ncc3c(n2)CCN3c2ccccc2)s1. The summed E-state index contributed by atoms with van der Waals surface area (Å²) in [6.07, 6.45) is 4.64. The average molecular weight is 353 g/mol. The molecular weight excluding hydrogens is 334 g/mol. The van der Waals surface area contributed by atoms with E-state index in [-0.39, 0.29) is 0 Å². The fraction of sp³-hybridized carbons (Fsp3) is 0.294. The Bertz CT molecular complexity index is 849. The number of para-hydroxylation sites is 1. The van der Waals surface area contributed by atoms with Gasteiger partial charge in [0.1, 0.15) is 5.01 Å². The summed E-state index contributed by atoms with van der Waals surface area (Å²) < 4.78 is 0. The largest absolute Gasteiger partial charge is 0.374 e. The van der Waals surface area contributed by atoms with Crippen LogP contribution in [-0.4, -0.2) is 33.3 Å². The molecule has 0 unspecified atom stereocenters. The predicted octanol–water partition coefficient (Wildman–Crippen LogP) is 2.65. The molecule has 0 saturated heterocycles. The molecule has 25 heavy (non-hydrogen) atoms. The first-order valence-electron chi connectivity index (χ1n) is 8.30. The third-order valence-electron chi connectivity index (χ3n) is 4.11. The summed E-state index contributed by atoms with van der Waals surface area (Å²) in [4.78, 5) is 11.4. The van der Waals surface area contributed by atoms with Crippen LogP contribution in [-0.2, 0) is 12.8 Å². The van der Waals surface area contributed by atoms with Gasteiger partial charge in [0.25, 0.3) is 0 Å². The summed E-state index contributed by atoms with van der Waals surface area (Å²) >= 11 is 1.44. The Labute approximate surface area is 150 Å². The molecule has 0 amide bonds. The maximum Gasteiger partial charge on any atom is 0.222 e. The van der Waals surface area contributed by atoms with Crippen LogP contribution in [0.4, 0.5) is 22.5 Å². The molecule has 1 aliphatic heterocycles. The van der Waals surface area contributed by atoms with Crippen LogP contribution in [0.2, 0.25) is 0 Å². The molecule has 1 aromatic carbocycles. The van der Waals surface area contributed by atoms with Gasteiger partial charge in [-0.25, -0.2) is 9.97 Å². The second kappa shape index (κ2) is 7.02. The molecule has 0 radical (unpaired) electrons. The number of benzene rings is 1. The Morgan fingerprint density at radius 1 is 1.20 bits per heavy atom. The standard InChI is InChI=1S/C17H19N7S/c18-16-23-22-15(25-16)7-4-9-19-17-20-11-14-13(21-17)8-10-24(14)12-5-2-1-3-6-12/h1-3,5-6,11H,4,7-10H2,(H2,18,23)(H,19,20,21). The number of fused-ring (bicyclic) bond motifs is 1. The number of aromatic nitrogens is 4. The normalized spacial score (nSPS) is 13.0. The van der Waals surface area contributed by atoms with Crippen molar-refractivity contribution < 1.29 is 0 Å². The first-order valence-corrected chi connectivity index (χ1v) is 9.11. The van der Waals surface area contributed by atoms with Crippen molar-refractivity contribution in [2.45, 2.75) is 19.3 Å². The van der Waals surface area contributed by atoms with Crippen molar-refractivity contribution >= 4 is 33.8 Å². The van der Waals surface area contributed by atoms with Gasteiger partial charge in [-0.1, -0.05) is 29.5 Å². The molecule has 4 rings (SSSR count). The molecule has 8 heteroatoms. The number of aryl methyl sites for hydroxylation is 1. The van der Waals surface area contributed by atoms with Gasteiger partial charge in [-0.15, -0.1) is 10.2 Å². The Kier molecular flexibility index (Phi) is 4.43. The van der Waals surface area contributed by atoms with Crippen LogP contribution in [0.15, 0.2) is 36.5 Å². The highest BCUT2D eigenvalue weighted by Gasteiger charge is 2.22. The number of rotatable bonds is 6. The summed E-state index contributed by atoms with van der Waals surface area (Å²) in [5.41, 5.74) is 8.96. The van der Waals surface area contributed by atoms with Crippen molar-refractivity contribution in [2.24, 2.45) is 0 Å². The molecular formula is C17H19N7S. The van der Waals surface area contributed by atoms with Crippen molar-refractivity contribution in [2.75, 3.05) is 29.0 Å². The smallest absolute Gasteiger partial charge is 0.222 e. The molecule has 128 valence electrons. The number of nitrogens with two attached hydrogens (primary N) is 1. The van der Waals surface area contributed by atoms with Crippen molar-refractivity contribution in [1.82, 2.24) is 20.2 Å². The molecule has 3 heterocycles. The first-order chi connectivity index (χ1) is 12.3. The Hall–Kier alpha value is -2.74. The van der Waals surface area contributed by atoms with Gasteiger partial charge in [-0.2, -0.15) is 0 Å². The highest BCUT2D eigenvalue weighted by atomic mass is 32.1. The minimum atomic E-state index is 0.521. The minimum absolute atomic E-state index is 0.521. The van der Waals surface area contributed by atoms with Crippen LogP contribution in [0, 0.1) is 0 Å². The zero-order valence-corrected chi connectivity index (χ0v) is 14.5. The summed E-state index contributed by atoms with van der Waals surface area (Å²) in [5.74, 6) is 0.686. The second-order valence-corrected chi connectivity index (χ2v) is 6.92. The third-order valence-corrected chi connectivity index (χ3v) is 4.92. The van der Waals surface area contributed by atoms with Gasteiger partial charge in [0.15, 0.2) is 0 Å². The number of nitrogens with one attached hydrogen (secondary N) is 1. The first kappa shape index (κ1) is 15.8. The van der Waals surface area contributed by atoms with Crippen LogP contribution in [0.25, 0.3) is 0 Å². The van der Waals surface area contributed by atoms with Gasteiger partial charge in [-0.05, 0) is 18.6 Å². The molecule has 0 spiro atoms. The molecule has 0 fully saturated rings. The zero-order chi connectivity index (χ0) is 17.1. The molecule has 0 bridgehead atoms. The van der Waals surface area contributed by atoms with E-state index >= 15 is 0 Å². The summed E-state index contributed by atoms with van der Waals surface area (Å²) in [6, 6.07) is 10.4. The summed E-state index contributed by atoms with van der Waals surface area (Å²) in [7, 11) is 0. The lowest BCUT2D eigenvalue weighted by molar-refractivity contribution is 0.828. The number of anilines is 4. The Morgan fingerprint density at radius 3 is 2.88 bits per heavy atom. The van der Waals surface area contributed by atoms with Crippen LogP contribution < -0.4 is 16.0 Å².